The third kappa shape index (κ3) is 3.83. The molecule has 3 aromatic rings. The van der Waals surface area contributed by atoms with Crippen LogP contribution in [0.5, 0.6) is 0 Å². The van der Waals surface area contributed by atoms with Gasteiger partial charge in [0.25, 0.3) is 5.91 Å². The van der Waals surface area contributed by atoms with E-state index in [-0.39, 0.29) is 17.4 Å². The maximum absolute atomic E-state index is 12.7. The summed E-state index contributed by atoms with van der Waals surface area (Å²) in [4.78, 5) is 28.2. The second kappa shape index (κ2) is 7.85. The average molecular weight is 419 g/mol. The smallest absolute Gasteiger partial charge is 0.271 e. The number of nitrogens with zero attached hydrogens (tertiary/aromatic N) is 5. The largest absolute Gasteiger partial charge is 0.348 e. The Morgan fingerprint density at radius 1 is 1.23 bits per heavy atom. The van der Waals surface area contributed by atoms with Crippen LogP contribution < -0.4 is 5.32 Å². The Bertz CT molecular complexity index is 1070. The SMILES string of the molecule is Cc1cnc(C(=O)N[C@@H]2C[C@H]3CN(Cc4ccccc4)C[C@@]3(c3nc(C)no3)C2)cn1. The van der Waals surface area contributed by atoms with E-state index in [2.05, 4.69) is 54.6 Å². The van der Waals surface area contributed by atoms with Gasteiger partial charge < -0.3 is 9.84 Å². The molecule has 2 aromatic heterocycles. The number of benzene rings is 1. The molecule has 160 valence electrons. The highest BCUT2D eigenvalue weighted by Gasteiger charge is 2.57. The number of hydrogen-bond acceptors (Lipinski definition) is 7. The van der Waals surface area contributed by atoms with Crippen LogP contribution in [0.3, 0.4) is 0 Å². The first-order chi connectivity index (χ1) is 15.0. The van der Waals surface area contributed by atoms with E-state index in [0.717, 1.165) is 38.2 Å². The van der Waals surface area contributed by atoms with Crippen LogP contribution in [0.2, 0.25) is 0 Å². The highest BCUT2D eigenvalue weighted by atomic mass is 16.5. The number of carbonyl (C=O) groups is 1. The minimum Gasteiger partial charge on any atom is -0.348 e. The van der Waals surface area contributed by atoms with E-state index in [1.165, 1.54) is 11.8 Å². The lowest BCUT2D eigenvalue weighted by molar-refractivity contribution is 0.0928. The van der Waals surface area contributed by atoms with Gasteiger partial charge in [-0.1, -0.05) is 35.5 Å². The van der Waals surface area contributed by atoms with Crippen LogP contribution in [0.15, 0.2) is 47.2 Å². The molecule has 8 heteroatoms. The molecule has 0 spiro atoms. The molecular formula is C23H26N6O2. The molecule has 1 aliphatic carbocycles. The molecule has 0 unspecified atom stereocenters. The molecule has 1 N–H and O–H groups in total. The van der Waals surface area contributed by atoms with E-state index in [1.54, 1.807) is 6.20 Å². The third-order valence-electron chi connectivity index (χ3n) is 6.50. The minimum atomic E-state index is -0.243. The molecule has 31 heavy (non-hydrogen) atoms. The van der Waals surface area contributed by atoms with E-state index in [1.807, 2.05) is 19.9 Å². The lowest BCUT2D eigenvalue weighted by atomic mass is 9.80. The number of aromatic nitrogens is 4. The molecule has 2 fully saturated rings. The quantitative estimate of drug-likeness (QED) is 0.680. The van der Waals surface area contributed by atoms with Crippen molar-refractivity contribution in [1.82, 2.24) is 30.3 Å². The monoisotopic (exact) mass is 418 g/mol. The van der Waals surface area contributed by atoms with Crippen molar-refractivity contribution in [3.63, 3.8) is 0 Å². The van der Waals surface area contributed by atoms with Crippen molar-refractivity contribution < 1.29 is 9.32 Å². The number of hydrogen-bond donors (Lipinski definition) is 1. The van der Waals surface area contributed by atoms with Crippen molar-refractivity contribution in [3.8, 4) is 0 Å². The van der Waals surface area contributed by atoms with Crippen LogP contribution in [0.25, 0.3) is 0 Å². The van der Waals surface area contributed by atoms with Crippen LogP contribution >= 0.6 is 0 Å². The molecule has 0 bridgehead atoms. The first-order valence-electron chi connectivity index (χ1n) is 10.7. The fraction of sp³-hybridized carbons (Fsp3) is 0.435. The fourth-order valence-electron chi connectivity index (χ4n) is 5.15. The number of nitrogens with one attached hydrogen (secondary N) is 1. The van der Waals surface area contributed by atoms with Crippen molar-refractivity contribution >= 4 is 5.91 Å². The van der Waals surface area contributed by atoms with Gasteiger partial charge in [-0.3, -0.25) is 14.7 Å². The predicted octanol–water partition coefficient (Wildman–Crippen LogP) is 2.44. The summed E-state index contributed by atoms with van der Waals surface area (Å²) in [5.41, 5.74) is 2.18. The zero-order chi connectivity index (χ0) is 21.4. The molecule has 1 amide bonds. The van der Waals surface area contributed by atoms with Gasteiger partial charge in [0.05, 0.1) is 17.3 Å². The van der Waals surface area contributed by atoms with Gasteiger partial charge in [0.15, 0.2) is 5.82 Å². The summed E-state index contributed by atoms with van der Waals surface area (Å²) in [6.07, 6.45) is 4.79. The number of carbonyl (C=O) groups excluding carboxylic acids is 1. The number of fused-ring (bicyclic) bond motifs is 1. The first-order valence-corrected chi connectivity index (χ1v) is 10.7. The van der Waals surface area contributed by atoms with Crippen LogP contribution in [-0.4, -0.2) is 50.0 Å². The molecule has 5 rings (SSSR count). The Labute approximate surface area is 181 Å². The first kappa shape index (κ1) is 19.8. The van der Waals surface area contributed by atoms with Gasteiger partial charge in [-0.05, 0) is 38.2 Å². The van der Waals surface area contributed by atoms with Crippen molar-refractivity contribution in [2.75, 3.05) is 13.1 Å². The van der Waals surface area contributed by atoms with Crippen molar-refractivity contribution in [1.29, 1.82) is 0 Å². The second-order valence-electron chi connectivity index (χ2n) is 8.81. The van der Waals surface area contributed by atoms with Gasteiger partial charge in [-0.15, -0.1) is 0 Å². The lowest BCUT2D eigenvalue weighted by Gasteiger charge is -2.25. The van der Waals surface area contributed by atoms with E-state index in [4.69, 9.17) is 4.52 Å². The summed E-state index contributed by atoms with van der Waals surface area (Å²) in [6.45, 7) is 6.36. The standard InChI is InChI=1S/C23H26N6O2/c1-15-10-25-20(11-24-15)21(30)27-19-8-18-13-29(12-17-6-4-3-5-7-17)14-23(18,9-19)22-26-16(2)28-31-22/h3-7,10-11,18-19H,8-9,12-14H2,1-2H3,(H,27,30)/t18-,19+,23-/m0/s1. The number of amides is 1. The fourth-order valence-corrected chi connectivity index (χ4v) is 5.15. The molecular weight excluding hydrogens is 392 g/mol. The molecule has 3 heterocycles. The Morgan fingerprint density at radius 2 is 2.06 bits per heavy atom. The molecule has 1 aliphatic heterocycles. The van der Waals surface area contributed by atoms with Gasteiger partial charge in [-0.2, -0.15) is 4.98 Å². The Morgan fingerprint density at radius 3 is 2.77 bits per heavy atom. The molecule has 0 radical (unpaired) electrons. The zero-order valence-electron chi connectivity index (χ0n) is 17.8. The molecule has 1 saturated heterocycles. The summed E-state index contributed by atoms with van der Waals surface area (Å²) < 4.78 is 5.68. The average Bonchev–Trinajstić information content (AvgIpc) is 3.42. The second-order valence-corrected chi connectivity index (χ2v) is 8.81. The number of aryl methyl sites for hydroxylation is 2. The van der Waals surface area contributed by atoms with E-state index < -0.39 is 0 Å². The Balaban J connectivity index is 1.34. The Hall–Kier alpha value is -3.13. The summed E-state index contributed by atoms with van der Waals surface area (Å²) in [5, 5.41) is 7.22. The van der Waals surface area contributed by atoms with Crippen molar-refractivity contribution in [3.05, 3.63) is 71.4 Å². The number of likely N-dealkylation sites (tertiary alicyclic amines) is 1. The van der Waals surface area contributed by atoms with Crippen LogP contribution in [-0.2, 0) is 12.0 Å². The van der Waals surface area contributed by atoms with Gasteiger partial charge in [0.1, 0.15) is 5.69 Å². The topological polar surface area (TPSA) is 97.0 Å². The van der Waals surface area contributed by atoms with Crippen LogP contribution in [0.4, 0.5) is 0 Å². The summed E-state index contributed by atoms with van der Waals surface area (Å²) >= 11 is 0. The van der Waals surface area contributed by atoms with Gasteiger partial charge >= 0.3 is 0 Å². The maximum atomic E-state index is 12.7. The zero-order valence-corrected chi connectivity index (χ0v) is 17.8. The Kier molecular flexibility index (Phi) is 5.02. The molecule has 2 aliphatic rings. The van der Waals surface area contributed by atoms with Crippen LogP contribution in [0.1, 0.15) is 46.3 Å². The molecule has 3 atom stereocenters. The van der Waals surface area contributed by atoms with Crippen LogP contribution in [0, 0.1) is 19.8 Å². The van der Waals surface area contributed by atoms with Gasteiger partial charge in [-0.25, -0.2) is 4.98 Å². The molecule has 1 saturated carbocycles. The highest BCUT2D eigenvalue weighted by Crippen LogP contribution is 2.50. The highest BCUT2D eigenvalue weighted by molar-refractivity contribution is 5.92. The minimum absolute atomic E-state index is 0.0340. The van der Waals surface area contributed by atoms with Gasteiger partial charge in [0, 0.05) is 31.9 Å². The van der Waals surface area contributed by atoms with E-state index >= 15 is 0 Å². The van der Waals surface area contributed by atoms with Crippen molar-refractivity contribution in [2.45, 2.75) is 44.7 Å². The summed E-state index contributed by atoms with van der Waals surface area (Å²) in [7, 11) is 0. The third-order valence-corrected chi connectivity index (χ3v) is 6.50. The normalized spacial score (nSPS) is 25.5. The van der Waals surface area contributed by atoms with Gasteiger partial charge in [0.2, 0.25) is 5.89 Å². The predicted molar refractivity (Wildman–Crippen MR) is 113 cm³/mol. The van der Waals surface area contributed by atoms with Crippen molar-refractivity contribution in [2.24, 2.45) is 5.92 Å². The number of rotatable bonds is 5. The van der Waals surface area contributed by atoms with E-state index in [9.17, 15) is 4.79 Å². The molecule has 8 nitrogen and oxygen atoms in total. The summed E-state index contributed by atoms with van der Waals surface area (Å²) in [6, 6.07) is 10.5. The lowest BCUT2D eigenvalue weighted by Crippen LogP contribution is -2.38. The van der Waals surface area contributed by atoms with E-state index in [0.29, 0.717) is 23.3 Å². The maximum Gasteiger partial charge on any atom is 0.271 e. The summed E-state index contributed by atoms with van der Waals surface area (Å²) in [5.74, 6) is 1.49. The molecule has 1 aromatic carbocycles.